The Bertz CT molecular complexity index is 934. The number of carbonyl (C=O) groups excluding carboxylic acids is 2. The third-order valence-corrected chi connectivity index (χ3v) is 3.83. The Morgan fingerprint density at radius 3 is 2.50 bits per heavy atom. The molecule has 0 fully saturated rings. The smallest absolute Gasteiger partial charge is 0.315 e. The van der Waals surface area contributed by atoms with Gasteiger partial charge in [0.2, 0.25) is 5.91 Å². The van der Waals surface area contributed by atoms with Gasteiger partial charge in [-0.05, 0) is 29.8 Å². The average Bonchev–Trinajstić information content (AvgIpc) is 2.74. The molecule has 0 heterocycles. The lowest BCUT2D eigenvalue weighted by Gasteiger charge is -2.10. The normalized spacial score (nSPS) is 9.57. The number of urea groups is 1. The lowest BCUT2D eigenvalue weighted by atomic mass is 10.2. The van der Waals surface area contributed by atoms with Crippen molar-refractivity contribution < 1.29 is 23.8 Å². The maximum Gasteiger partial charge on any atom is 0.315 e. The molecule has 158 valence electrons. The second-order valence-corrected chi connectivity index (χ2v) is 6.08. The first kappa shape index (κ1) is 22.4. The third-order valence-electron chi connectivity index (χ3n) is 3.83. The minimum absolute atomic E-state index is 0.151. The molecule has 30 heavy (non-hydrogen) atoms. The van der Waals surface area contributed by atoms with Crippen LogP contribution in [0.3, 0.4) is 0 Å². The highest BCUT2D eigenvalue weighted by Crippen LogP contribution is 2.27. The van der Waals surface area contributed by atoms with E-state index in [9.17, 15) is 9.59 Å². The van der Waals surface area contributed by atoms with Crippen molar-refractivity contribution in [1.82, 2.24) is 10.6 Å². The molecule has 0 atom stereocenters. The van der Waals surface area contributed by atoms with Crippen LogP contribution >= 0.6 is 0 Å². The summed E-state index contributed by atoms with van der Waals surface area (Å²) in [6.45, 7) is 2.13. The van der Waals surface area contributed by atoms with Gasteiger partial charge in [0.05, 0.1) is 20.8 Å². The fourth-order valence-electron chi connectivity index (χ4n) is 2.46. The van der Waals surface area contributed by atoms with Gasteiger partial charge in [-0.2, -0.15) is 0 Å². The van der Waals surface area contributed by atoms with E-state index in [-0.39, 0.29) is 25.1 Å². The Morgan fingerprint density at radius 2 is 1.77 bits per heavy atom. The quantitative estimate of drug-likeness (QED) is 0.580. The first-order valence-electron chi connectivity index (χ1n) is 9.20. The number of carbonyl (C=O) groups is 2. The Labute approximate surface area is 175 Å². The van der Waals surface area contributed by atoms with E-state index in [0.29, 0.717) is 29.5 Å². The number of methoxy groups -OCH3 is 2. The average molecular weight is 411 g/mol. The van der Waals surface area contributed by atoms with Gasteiger partial charge in [0, 0.05) is 25.2 Å². The monoisotopic (exact) mass is 411 g/mol. The summed E-state index contributed by atoms with van der Waals surface area (Å²) in [5.41, 5.74) is 1.53. The molecule has 0 aliphatic rings. The number of ether oxygens (including phenoxy) is 3. The van der Waals surface area contributed by atoms with Crippen molar-refractivity contribution in [2.45, 2.75) is 13.5 Å². The van der Waals surface area contributed by atoms with E-state index in [0.717, 1.165) is 5.56 Å². The number of rotatable bonds is 8. The second-order valence-electron chi connectivity index (χ2n) is 6.08. The standard InChI is InChI=1S/C22H25N3O5/c1-16(26)25-18-7-6-8-19(14-18)30-12-5-4-11-23-22(27)24-15-17-9-10-20(28-2)21(13-17)29-3/h6-10,13-14H,11-12,15H2,1-3H3,(H,25,26)(H2,23,24,27). The van der Waals surface area contributed by atoms with Gasteiger partial charge >= 0.3 is 6.03 Å². The molecule has 2 aromatic carbocycles. The molecule has 3 amide bonds. The van der Waals surface area contributed by atoms with Crippen LogP contribution in [0.4, 0.5) is 10.5 Å². The molecule has 0 unspecified atom stereocenters. The highest BCUT2D eigenvalue weighted by atomic mass is 16.5. The van der Waals surface area contributed by atoms with Crippen LogP contribution in [0, 0.1) is 11.8 Å². The van der Waals surface area contributed by atoms with Crippen LogP contribution in [0.5, 0.6) is 17.2 Å². The van der Waals surface area contributed by atoms with Crippen LogP contribution in [0.2, 0.25) is 0 Å². The van der Waals surface area contributed by atoms with Crippen LogP contribution < -0.4 is 30.2 Å². The summed E-state index contributed by atoms with van der Waals surface area (Å²) < 4.78 is 15.9. The molecule has 0 saturated heterocycles. The number of nitrogens with one attached hydrogen (secondary N) is 3. The lowest BCUT2D eigenvalue weighted by Crippen LogP contribution is -2.35. The van der Waals surface area contributed by atoms with E-state index in [2.05, 4.69) is 27.8 Å². The summed E-state index contributed by atoms with van der Waals surface area (Å²) in [6, 6.07) is 12.1. The van der Waals surface area contributed by atoms with Gasteiger partial charge in [0.1, 0.15) is 12.4 Å². The summed E-state index contributed by atoms with van der Waals surface area (Å²) >= 11 is 0. The summed E-state index contributed by atoms with van der Waals surface area (Å²) in [5.74, 6) is 7.31. The zero-order valence-corrected chi connectivity index (χ0v) is 17.2. The molecule has 0 saturated carbocycles. The molecule has 2 aromatic rings. The zero-order valence-electron chi connectivity index (χ0n) is 17.2. The van der Waals surface area contributed by atoms with Crippen molar-refractivity contribution in [3.05, 3.63) is 48.0 Å². The SMILES string of the molecule is COc1ccc(CNC(=O)NCC#CCOc2cccc(NC(C)=O)c2)cc1OC. The summed E-state index contributed by atoms with van der Waals surface area (Å²) in [6.07, 6.45) is 0. The molecule has 0 bridgehead atoms. The number of hydrogen-bond acceptors (Lipinski definition) is 5. The molecular weight excluding hydrogens is 386 g/mol. The van der Waals surface area contributed by atoms with Crippen molar-refractivity contribution in [1.29, 1.82) is 0 Å². The number of hydrogen-bond donors (Lipinski definition) is 3. The fraction of sp³-hybridized carbons (Fsp3) is 0.273. The van der Waals surface area contributed by atoms with E-state index in [1.165, 1.54) is 6.92 Å². The van der Waals surface area contributed by atoms with Crippen molar-refractivity contribution in [3.63, 3.8) is 0 Å². The molecule has 0 aliphatic carbocycles. The van der Waals surface area contributed by atoms with E-state index >= 15 is 0 Å². The Morgan fingerprint density at radius 1 is 0.967 bits per heavy atom. The third kappa shape index (κ3) is 7.64. The minimum atomic E-state index is -0.331. The molecule has 2 rings (SSSR count). The number of anilines is 1. The summed E-state index contributed by atoms with van der Waals surface area (Å²) in [4.78, 5) is 22.9. The second kappa shape index (κ2) is 11.9. The zero-order chi connectivity index (χ0) is 21.8. The highest BCUT2D eigenvalue weighted by molar-refractivity contribution is 5.88. The summed E-state index contributed by atoms with van der Waals surface area (Å²) in [5, 5.41) is 8.08. The minimum Gasteiger partial charge on any atom is -0.493 e. The van der Waals surface area contributed by atoms with Gasteiger partial charge < -0.3 is 30.2 Å². The molecule has 0 aliphatic heterocycles. The first-order chi connectivity index (χ1) is 14.5. The molecule has 8 heteroatoms. The van der Waals surface area contributed by atoms with Crippen molar-refractivity contribution in [3.8, 4) is 29.1 Å². The Kier molecular flexibility index (Phi) is 8.87. The predicted molar refractivity (Wildman–Crippen MR) is 114 cm³/mol. The van der Waals surface area contributed by atoms with Crippen LogP contribution in [0.1, 0.15) is 12.5 Å². The number of benzene rings is 2. The van der Waals surface area contributed by atoms with Crippen LogP contribution in [0.25, 0.3) is 0 Å². The fourth-order valence-corrected chi connectivity index (χ4v) is 2.46. The van der Waals surface area contributed by atoms with E-state index < -0.39 is 0 Å². The van der Waals surface area contributed by atoms with Gasteiger partial charge in [-0.25, -0.2) is 4.79 Å². The number of amides is 3. The van der Waals surface area contributed by atoms with E-state index in [4.69, 9.17) is 14.2 Å². The molecule has 0 spiro atoms. The van der Waals surface area contributed by atoms with E-state index in [1.807, 2.05) is 6.07 Å². The summed E-state index contributed by atoms with van der Waals surface area (Å²) in [7, 11) is 3.13. The van der Waals surface area contributed by atoms with Crippen molar-refractivity contribution in [2.75, 3.05) is 32.7 Å². The van der Waals surface area contributed by atoms with Crippen molar-refractivity contribution in [2.24, 2.45) is 0 Å². The first-order valence-corrected chi connectivity index (χ1v) is 9.20. The largest absolute Gasteiger partial charge is 0.493 e. The topological polar surface area (TPSA) is 97.9 Å². The van der Waals surface area contributed by atoms with Crippen LogP contribution in [-0.2, 0) is 11.3 Å². The predicted octanol–water partition coefficient (Wildman–Crippen LogP) is 2.54. The van der Waals surface area contributed by atoms with Crippen LogP contribution in [-0.4, -0.2) is 39.3 Å². The highest BCUT2D eigenvalue weighted by Gasteiger charge is 2.05. The molecule has 8 nitrogen and oxygen atoms in total. The lowest BCUT2D eigenvalue weighted by molar-refractivity contribution is -0.114. The Hall–Kier alpha value is -3.86. The van der Waals surface area contributed by atoms with Crippen LogP contribution in [0.15, 0.2) is 42.5 Å². The van der Waals surface area contributed by atoms with Gasteiger partial charge in [0.25, 0.3) is 0 Å². The molecule has 0 aromatic heterocycles. The van der Waals surface area contributed by atoms with Gasteiger partial charge in [-0.3, -0.25) is 4.79 Å². The molecular formula is C22H25N3O5. The van der Waals surface area contributed by atoms with Gasteiger partial charge in [-0.15, -0.1) is 0 Å². The molecule has 0 radical (unpaired) electrons. The maximum absolute atomic E-state index is 11.9. The van der Waals surface area contributed by atoms with Gasteiger partial charge in [0.15, 0.2) is 11.5 Å². The van der Waals surface area contributed by atoms with Gasteiger partial charge in [-0.1, -0.05) is 24.0 Å². The maximum atomic E-state index is 11.9. The Balaban J connectivity index is 1.69. The van der Waals surface area contributed by atoms with Crippen molar-refractivity contribution >= 4 is 17.6 Å². The molecule has 3 N–H and O–H groups in total. The van der Waals surface area contributed by atoms with E-state index in [1.54, 1.807) is 50.6 Å².